The topological polar surface area (TPSA) is 83.6 Å². The second-order valence-corrected chi connectivity index (χ2v) is 7.60. The number of ether oxygens (including phenoxy) is 1. The molecule has 0 aliphatic carbocycles. The molecule has 1 saturated heterocycles. The van der Waals surface area contributed by atoms with Crippen LogP contribution in [0.5, 0.6) is 0 Å². The maximum atomic E-state index is 12.0. The van der Waals surface area contributed by atoms with Gasteiger partial charge in [-0.25, -0.2) is 4.98 Å². The molecule has 2 heterocycles. The van der Waals surface area contributed by atoms with Crippen molar-refractivity contribution in [3.05, 3.63) is 40.9 Å². The lowest BCUT2D eigenvalue weighted by Gasteiger charge is -2.26. The lowest BCUT2D eigenvalue weighted by atomic mass is 10.1. The number of carbonyl (C=O) groups is 2. The van der Waals surface area contributed by atoms with E-state index in [1.165, 1.54) is 12.5 Å². The van der Waals surface area contributed by atoms with E-state index in [2.05, 4.69) is 44.8 Å². The molecule has 0 atom stereocenters. The van der Waals surface area contributed by atoms with Crippen LogP contribution in [0.25, 0.3) is 10.6 Å². The van der Waals surface area contributed by atoms with Crippen molar-refractivity contribution in [2.75, 3.05) is 39.4 Å². The maximum absolute atomic E-state index is 12.0. The number of benzene rings is 1. The van der Waals surface area contributed by atoms with Gasteiger partial charge in [-0.15, -0.1) is 11.3 Å². The number of rotatable bonds is 8. The van der Waals surface area contributed by atoms with Crippen molar-refractivity contribution in [2.24, 2.45) is 0 Å². The molecular weight excluding hydrogens is 376 g/mol. The smallest absolute Gasteiger partial charge is 0.226 e. The summed E-state index contributed by atoms with van der Waals surface area (Å²) in [6, 6.07) is 8.46. The third-order valence-corrected chi connectivity index (χ3v) is 5.37. The summed E-state index contributed by atoms with van der Waals surface area (Å²) >= 11 is 1.54. The van der Waals surface area contributed by atoms with E-state index in [9.17, 15) is 9.59 Å². The second-order valence-electron chi connectivity index (χ2n) is 6.74. The van der Waals surface area contributed by atoms with Crippen molar-refractivity contribution in [2.45, 2.75) is 19.9 Å². The van der Waals surface area contributed by atoms with Crippen LogP contribution in [-0.4, -0.2) is 61.1 Å². The molecule has 0 bridgehead atoms. The lowest BCUT2D eigenvalue weighted by molar-refractivity contribution is -0.121. The van der Waals surface area contributed by atoms with Gasteiger partial charge in [-0.1, -0.05) is 24.3 Å². The normalized spacial score (nSPS) is 14.6. The first-order valence-corrected chi connectivity index (χ1v) is 10.3. The lowest BCUT2D eigenvalue weighted by Crippen LogP contribution is -2.35. The van der Waals surface area contributed by atoms with E-state index in [4.69, 9.17) is 4.74 Å². The van der Waals surface area contributed by atoms with Gasteiger partial charge in [-0.05, 0) is 5.56 Å². The minimum atomic E-state index is -0.102. The standard InChI is InChI=1S/C20H26N4O3S/c1-15(25)21-6-7-22-19(26)12-18-14-28-20(23-18)17-4-2-16(3-5-17)13-24-8-10-27-11-9-24/h2-5,14H,6-13H2,1H3,(H,21,25)(H,22,26). The van der Waals surface area contributed by atoms with Gasteiger partial charge in [0.25, 0.3) is 0 Å². The molecule has 0 saturated carbocycles. The first-order valence-electron chi connectivity index (χ1n) is 9.45. The van der Waals surface area contributed by atoms with Gasteiger partial charge in [-0.2, -0.15) is 0 Å². The molecule has 2 amide bonds. The Kier molecular flexibility index (Phi) is 7.53. The molecule has 1 aliphatic heterocycles. The molecule has 150 valence electrons. The zero-order valence-corrected chi connectivity index (χ0v) is 16.9. The predicted molar refractivity (Wildman–Crippen MR) is 109 cm³/mol. The van der Waals surface area contributed by atoms with Gasteiger partial charge in [0.1, 0.15) is 5.01 Å². The summed E-state index contributed by atoms with van der Waals surface area (Å²) in [5, 5.41) is 8.26. The first-order chi connectivity index (χ1) is 13.6. The Balaban J connectivity index is 1.49. The molecule has 0 unspecified atom stereocenters. The van der Waals surface area contributed by atoms with E-state index >= 15 is 0 Å². The highest BCUT2D eigenvalue weighted by atomic mass is 32.1. The zero-order chi connectivity index (χ0) is 19.8. The average Bonchev–Trinajstić information content (AvgIpc) is 3.15. The van der Waals surface area contributed by atoms with Crippen LogP contribution in [0.3, 0.4) is 0 Å². The Bertz CT molecular complexity index is 785. The third kappa shape index (κ3) is 6.40. The van der Waals surface area contributed by atoms with Gasteiger partial charge in [-0.3, -0.25) is 14.5 Å². The summed E-state index contributed by atoms with van der Waals surface area (Å²) < 4.78 is 5.39. The number of hydrogen-bond donors (Lipinski definition) is 2. The van der Waals surface area contributed by atoms with Gasteiger partial charge in [0.05, 0.1) is 25.3 Å². The number of nitrogens with zero attached hydrogens (tertiary/aromatic N) is 2. The molecule has 1 aromatic carbocycles. The molecule has 28 heavy (non-hydrogen) atoms. The van der Waals surface area contributed by atoms with Crippen LogP contribution in [0.4, 0.5) is 0 Å². The van der Waals surface area contributed by atoms with Crippen LogP contribution < -0.4 is 10.6 Å². The highest BCUT2D eigenvalue weighted by Crippen LogP contribution is 2.24. The van der Waals surface area contributed by atoms with Crippen molar-refractivity contribution in [1.29, 1.82) is 0 Å². The number of aromatic nitrogens is 1. The Hall–Kier alpha value is -2.29. The number of amides is 2. The summed E-state index contributed by atoms with van der Waals surface area (Å²) in [7, 11) is 0. The van der Waals surface area contributed by atoms with Crippen LogP contribution in [0, 0.1) is 0 Å². The number of hydrogen-bond acceptors (Lipinski definition) is 6. The summed E-state index contributed by atoms with van der Waals surface area (Å²) in [6.07, 6.45) is 0.242. The third-order valence-electron chi connectivity index (χ3n) is 4.43. The molecule has 8 heteroatoms. The largest absolute Gasteiger partial charge is 0.379 e. The minimum absolute atomic E-state index is 0.0944. The fourth-order valence-corrected chi connectivity index (χ4v) is 3.78. The Morgan fingerprint density at radius 3 is 2.57 bits per heavy atom. The van der Waals surface area contributed by atoms with Gasteiger partial charge in [0.2, 0.25) is 11.8 Å². The van der Waals surface area contributed by atoms with E-state index in [1.807, 2.05) is 5.38 Å². The predicted octanol–water partition coefficient (Wildman–Crippen LogP) is 1.44. The van der Waals surface area contributed by atoms with Crippen LogP contribution in [0.15, 0.2) is 29.6 Å². The monoisotopic (exact) mass is 402 g/mol. The quantitative estimate of drug-likeness (QED) is 0.653. The molecular formula is C20H26N4O3S. The van der Waals surface area contributed by atoms with Gasteiger partial charge in [0, 0.05) is 50.6 Å². The average molecular weight is 403 g/mol. The molecule has 1 aromatic heterocycles. The van der Waals surface area contributed by atoms with E-state index in [0.29, 0.717) is 13.1 Å². The van der Waals surface area contributed by atoms with Gasteiger partial charge < -0.3 is 15.4 Å². The summed E-state index contributed by atoms with van der Waals surface area (Å²) in [5.74, 6) is -0.197. The molecule has 1 aliphatic rings. The molecule has 0 spiro atoms. The van der Waals surface area contributed by atoms with E-state index in [0.717, 1.165) is 49.1 Å². The Labute approximate surface area is 169 Å². The minimum Gasteiger partial charge on any atom is -0.379 e. The molecule has 0 radical (unpaired) electrons. The van der Waals surface area contributed by atoms with Crippen LogP contribution in [-0.2, 0) is 27.3 Å². The van der Waals surface area contributed by atoms with Crippen LogP contribution >= 0.6 is 11.3 Å². The van der Waals surface area contributed by atoms with Crippen molar-refractivity contribution in [1.82, 2.24) is 20.5 Å². The van der Waals surface area contributed by atoms with Crippen molar-refractivity contribution in [3.63, 3.8) is 0 Å². The number of nitrogens with one attached hydrogen (secondary N) is 2. The Morgan fingerprint density at radius 1 is 1.14 bits per heavy atom. The fourth-order valence-electron chi connectivity index (χ4n) is 2.96. The highest BCUT2D eigenvalue weighted by molar-refractivity contribution is 7.13. The van der Waals surface area contributed by atoms with Gasteiger partial charge >= 0.3 is 0 Å². The zero-order valence-electron chi connectivity index (χ0n) is 16.1. The molecule has 3 rings (SSSR count). The molecule has 2 N–H and O–H groups in total. The number of thiazole rings is 1. The van der Waals surface area contributed by atoms with E-state index < -0.39 is 0 Å². The number of morpholine rings is 1. The fraction of sp³-hybridized carbons (Fsp3) is 0.450. The second kappa shape index (κ2) is 10.3. The Morgan fingerprint density at radius 2 is 1.86 bits per heavy atom. The maximum Gasteiger partial charge on any atom is 0.226 e. The highest BCUT2D eigenvalue weighted by Gasteiger charge is 2.12. The first kappa shape index (κ1) is 20.4. The summed E-state index contributed by atoms with van der Waals surface area (Å²) in [6.45, 7) is 6.80. The molecule has 1 fully saturated rings. The van der Waals surface area contributed by atoms with Crippen LogP contribution in [0.1, 0.15) is 18.2 Å². The van der Waals surface area contributed by atoms with Crippen molar-refractivity contribution in [3.8, 4) is 10.6 Å². The molecule has 2 aromatic rings. The van der Waals surface area contributed by atoms with E-state index in [-0.39, 0.29) is 18.2 Å². The van der Waals surface area contributed by atoms with Crippen molar-refractivity contribution >= 4 is 23.2 Å². The van der Waals surface area contributed by atoms with Gasteiger partial charge in [0.15, 0.2) is 0 Å². The molecule has 7 nitrogen and oxygen atoms in total. The van der Waals surface area contributed by atoms with Crippen LogP contribution in [0.2, 0.25) is 0 Å². The van der Waals surface area contributed by atoms with Crippen molar-refractivity contribution < 1.29 is 14.3 Å². The summed E-state index contributed by atoms with van der Waals surface area (Å²) in [4.78, 5) is 29.7. The SMILES string of the molecule is CC(=O)NCCNC(=O)Cc1csc(-c2ccc(CN3CCOCC3)cc2)n1. The van der Waals surface area contributed by atoms with E-state index in [1.54, 1.807) is 11.3 Å². The summed E-state index contributed by atoms with van der Waals surface area (Å²) in [5.41, 5.74) is 3.10. The number of carbonyl (C=O) groups excluding carboxylic acids is 2.